The van der Waals surface area contributed by atoms with Gasteiger partial charge in [0.15, 0.2) is 5.78 Å². The van der Waals surface area contributed by atoms with Gasteiger partial charge in [0.1, 0.15) is 5.75 Å². The maximum atomic E-state index is 12.3. The zero-order valence-electron chi connectivity index (χ0n) is 14.6. The van der Waals surface area contributed by atoms with Gasteiger partial charge < -0.3 is 21.1 Å². The van der Waals surface area contributed by atoms with Crippen molar-refractivity contribution in [3.05, 3.63) is 28.8 Å². The summed E-state index contributed by atoms with van der Waals surface area (Å²) < 4.78 is 5.20. The molecule has 0 bridgehead atoms. The third kappa shape index (κ3) is 5.42. The van der Waals surface area contributed by atoms with Gasteiger partial charge in [-0.3, -0.25) is 9.59 Å². The van der Waals surface area contributed by atoms with Crippen LogP contribution in [0.1, 0.15) is 42.5 Å². The van der Waals surface area contributed by atoms with Crippen molar-refractivity contribution in [2.75, 3.05) is 26.7 Å². The van der Waals surface area contributed by atoms with E-state index >= 15 is 0 Å². The molecule has 0 aromatic heterocycles. The lowest BCUT2D eigenvalue weighted by Gasteiger charge is -2.32. The molecule has 0 spiro atoms. The van der Waals surface area contributed by atoms with E-state index in [0.29, 0.717) is 55.0 Å². The van der Waals surface area contributed by atoms with Crippen molar-refractivity contribution in [2.24, 2.45) is 5.73 Å². The van der Waals surface area contributed by atoms with Crippen molar-refractivity contribution in [1.29, 1.82) is 0 Å². The fraction of sp³-hybridized carbons (Fsp3) is 0.556. The molecule has 1 aliphatic heterocycles. The van der Waals surface area contributed by atoms with Crippen LogP contribution in [0.5, 0.6) is 5.75 Å². The van der Waals surface area contributed by atoms with Gasteiger partial charge >= 0.3 is 0 Å². The van der Waals surface area contributed by atoms with Crippen LogP contribution < -0.4 is 21.1 Å². The molecule has 1 fully saturated rings. The minimum atomic E-state index is -0.769. The lowest BCUT2D eigenvalue weighted by molar-refractivity contribution is -0.127. The van der Waals surface area contributed by atoms with Crippen molar-refractivity contribution in [2.45, 2.75) is 37.6 Å². The Kier molecular flexibility index (Phi) is 7.23. The summed E-state index contributed by atoms with van der Waals surface area (Å²) in [7, 11) is 1.53. The average Bonchev–Trinajstić information content (AvgIpc) is 2.61. The molecule has 7 heteroatoms. The number of hydrogen-bond acceptors (Lipinski definition) is 5. The van der Waals surface area contributed by atoms with Crippen LogP contribution in [0.2, 0.25) is 5.02 Å². The Morgan fingerprint density at radius 3 is 2.72 bits per heavy atom. The standard InChI is InChI=1S/C18H26ClN3O3/c1-25-16-6-5-13(19)12-14(16)15(23)4-2-3-9-22-17(24)18(20)7-10-21-11-8-18/h5-6,12,21H,2-4,7-11,20H2,1H3,(H,22,24). The Hall–Kier alpha value is -1.63. The summed E-state index contributed by atoms with van der Waals surface area (Å²) in [5.41, 5.74) is 5.88. The molecule has 2 rings (SSSR count). The third-order valence-electron chi connectivity index (χ3n) is 4.53. The smallest absolute Gasteiger partial charge is 0.240 e. The van der Waals surface area contributed by atoms with Gasteiger partial charge in [-0.1, -0.05) is 11.6 Å². The van der Waals surface area contributed by atoms with E-state index in [1.807, 2.05) is 0 Å². The van der Waals surface area contributed by atoms with Gasteiger partial charge in [-0.15, -0.1) is 0 Å². The molecule has 1 heterocycles. The molecule has 6 nitrogen and oxygen atoms in total. The number of unbranched alkanes of at least 4 members (excludes halogenated alkanes) is 1. The molecular weight excluding hydrogens is 342 g/mol. The fourth-order valence-electron chi connectivity index (χ4n) is 2.92. The number of amides is 1. The number of Topliss-reactive ketones (excluding diaryl/α,β-unsaturated/α-hetero) is 1. The number of benzene rings is 1. The highest BCUT2D eigenvalue weighted by molar-refractivity contribution is 6.31. The van der Waals surface area contributed by atoms with Crippen molar-refractivity contribution in [3.8, 4) is 5.75 Å². The largest absolute Gasteiger partial charge is 0.496 e. The quantitative estimate of drug-likeness (QED) is 0.482. The predicted molar refractivity (Wildman–Crippen MR) is 98.2 cm³/mol. The Morgan fingerprint density at radius 2 is 2.04 bits per heavy atom. The van der Waals surface area contributed by atoms with E-state index in [1.54, 1.807) is 18.2 Å². The van der Waals surface area contributed by atoms with Crippen LogP contribution in [-0.2, 0) is 4.79 Å². The van der Waals surface area contributed by atoms with Gasteiger partial charge in [-0.05, 0) is 57.0 Å². The molecule has 1 aromatic carbocycles. The van der Waals surface area contributed by atoms with Crippen LogP contribution in [-0.4, -0.2) is 44.0 Å². The van der Waals surface area contributed by atoms with Crippen molar-refractivity contribution >= 4 is 23.3 Å². The van der Waals surface area contributed by atoms with Crippen molar-refractivity contribution in [1.82, 2.24) is 10.6 Å². The zero-order chi connectivity index (χ0) is 18.3. The number of methoxy groups -OCH3 is 1. The van der Waals surface area contributed by atoms with Crippen LogP contribution in [0, 0.1) is 0 Å². The molecule has 1 saturated heterocycles. The van der Waals surface area contributed by atoms with Gasteiger partial charge in [0, 0.05) is 18.0 Å². The molecule has 0 saturated carbocycles. The maximum absolute atomic E-state index is 12.3. The second-order valence-electron chi connectivity index (χ2n) is 6.39. The molecule has 1 amide bonds. The summed E-state index contributed by atoms with van der Waals surface area (Å²) in [5.74, 6) is 0.412. The molecule has 0 unspecified atom stereocenters. The van der Waals surface area contributed by atoms with Crippen LogP contribution >= 0.6 is 11.6 Å². The number of ketones is 1. The molecule has 0 radical (unpaired) electrons. The summed E-state index contributed by atoms with van der Waals surface area (Å²) in [6.45, 7) is 2.05. The normalized spacial score (nSPS) is 16.3. The first-order valence-electron chi connectivity index (χ1n) is 8.61. The summed E-state index contributed by atoms with van der Waals surface area (Å²) in [4.78, 5) is 24.5. The number of carbonyl (C=O) groups is 2. The molecule has 4 N–H and O–H groups in total. The number of hydrogen-bond donors (Lipinski definition) is 3. The molecule has 25 heavy (non-hydrogen) atoms. The first-order chi connectivity index (χ1) is 12.0. The first kappa shape index (κ1) is 19.7. The van der Waals surface area contributed by atoms with Gasteiger partial charge in [0.05, 0.1) is 18.2 Å². The number of nitrogens with one attached hydrogen (secondary N) is 2. The fourth-order valence-corrected chi connectivity index (χ4v) is 3.09. The number of rotatable bonds is 8. The van der Waals surface area contributed by atoms with Gasteiger partial charge in [0.2, 0.25) is 5.91 Å². The van der Waals surface area contributed by atoms with Crippen LogP contribution in [0.4, 0.5) is 0 Å². The molecule has 0 aliphatic carbocycles. The van der Waals surface area contributed by atoms with E-state index in [4.69, 9.17) is 22.1 Å². The topological polar surface area (TPSA) is 93.5 Å². The van der Waals surface area contributed by atoms with E-state index < -0.39 is 5.54 Å². The monoisotopic (exact) mass is 367 g/mol. The Bertz CT molecular complexity index is 616. The highest BCUT2D eigenvalue weighted by Gasteiger charge is 2.34. The zero-order valence-corrected chi connectivity index (χ0v) is 15.3. The van der Waals surface area contributed by atoms with Crippen LogP contribution in [0.25, 0.3) is 0 Å². The Morgan fingerprint density at radius 1 is 1.32 bits per heavy atom. The number of piperidine rings is 1. The van der Waals surface area contributed by atoms with Gasteiger partial charge in [0.25, 0.3) is 0 Å². The van der Waals surface area contributed by atoms with Crippen LogP contribution in [0.3, 0.4) is 0 Å². The lowest BCUT2D eigenvalue weighted by atomic mass is 9.88. The summed E-state index contributed by atoms with van der Waals surface area (Å²) >= 11 is 5.95. The number of nitrogens with two attached hydrogens (primary N) is 1. The lowest BCUT2D eigenvalue weighted by Crippen LogP contribution is -2.59. The van der Waals surface area contributed by atoms with E-state index in [9.17, 15) is 9.59 Å². The number of halogens is 1. The second-order valence-corrected chi connectivity index (χ2v) is 6.82. The molecule has 138 valence electrons. The minimum absolute atomic E-state index is 0.0145. The van der Waals surface area contributed by atoms with Crippen LogP contribution in [0.15, 0.2) is 18.2 Å². The molecule has 1 aromatic rings. The number of ether oxygens (including phenoxy) is 1. The van der Waals surface area contributed by atoms with Crippen molar-refractivity contribution < 1.29 is 14.3 Å². The Labute approximate surface area is 153 Å². The van der Waals surface area contributed by atoms with E-state index in [1.165, 1.54) is 7.11 Å². The van der Waals surface area contributed by atoms with Crippen molar-refractivity contribution in [3.63, 3.8) is 0 Å². The summed E-state index contributed by atoms with van der Waals surface area (Å²) in [5, 5.41) is 6.59. The Balaban J connectivity index is 1.73. The molecule has 0 atom stereocenters. The summed E-state index contributed by atoms with van der Waals surface area (Å²) in [6.07, 6.45) is 3.06. The van der Waals surface area contributed by atoms with E-state index in [-0.39, 0.29) is 11.7 Å². The first-order valence-corrected chi connectivity index (χ1v) is 8.99. The average molecular weight is 368 g/mol. The van der Waals surface area contributed by atoms with E-state index in [0.717, 1.165) is 13.1 Å². The minimum Gasteiger partial charge on any atom is -0.496 e. The maximum Gasteiger partial charge on any atom is 0.240 e. The second kappa shape index (κ2) is 9.17. The SMILES string of the molecule is COc1ccc(Cl)cc1C(=O)CCCCNC(=O)C1(N)CCNCC1. The highest BCUT2D eigenvalue weighted by Crippen LogP contribution is 2.24. The predicted octanol–water partition coefficient (Wildman–Crippen LogP) is 1.90. The third-order valence-corrected chi connectivity index (χ3v) is 4.76. The van der Waals surface area contributed by atoms with E-state index in [2.05, 4.69) is 10.6 Å². The molecular formula is C18H26ClN3O3. The highest BCUT2D eigenvalue weighted by atomic mass is 35.5. The summed E-state index contributed by atoms with van der Waals surface area (Å²) in [6, 6.07) is 5.01. The van der Waals surface area contributed by atoms with Gasteiger partial charge in [-0.25, -0.2) is 0 Å². The molecule has 1 aliphatic rings. The number of carbonyl (C=O) groups excluding carboxylic acids is 2. The van der Waals surface area contributed by atoms with Gasteiger partial charge in [-0.2, -0.15) is 0 Å².